The van der Waals surface area contributed by atoms with Crippen molar-refractivity contribution in [1.82, 2.24) is 5.32 Å². The molecule has 0 aliphatic carbocycles. The summed E-state index contributed by atoms with van der Waals surface area (Å²) >= 11 is 5.83. The second kappa shape index (κ2) is 8.96. The summed E-state index contributed by atoms with van der Waals surface area (Å²) in [4.78, 5) is 12.3. The van der Waals surface area contributed by atoms with Gasteiger partial charge < -0.3 is 14.8 Å². The zero-order valence-electron chi connectivity index (χ0n) is 15.2. The lowest BCUT2D eigenvalue weighted by atomic mass is 10.2. The molecule has 0 unspecified atom stereocenters. The van der Waals surface area contributed by atoms with Crippen LogP contribution in [0.3, 0.4) is 0 Å². The Morgan fingerprint density at radius 1 is 1.11 bits per heavy atom. The molecule has 0 saturated heterocycles. The molecule has 27 heavy (non-hydrogen) atoms. The number of anilines is 1. The molecule has 0 saturated carbocycles. The van der Waals surface area contributed by atoms with Crippen LogP contribution in [0.5, 0.6) is 11.5 Å². The number of nitrogens with one attached hydrogen (secondary N) is 1. The van der Waals surface area contributed by atoms with E-state index < -0.39 is 15.9 Å². The molecule has 0 heterocycles. The molecule has 1 N–H and O–H groups in total. The molecule has 7 nitrogen and oxygen atoms in total. The Bertz CT molecular complexity index is 900. The zero-order valence-corrected chi connectivity index (χ0v) is 16.8. The van der Waals surface area contributed by atoms with E-state index in [-0.39, 0.29) is 24.5 Å². The van der Waals surface area contributed by atoms with Gasteiger partial charge in [-0.15, -0.1) is 0 Å². The lowest BCUT2D eigenvalue weighted by Crippen LogP contribution is -2.40. The van der Waals surface area contributed by atoms with Gasteiger partial charge in [-0.05, 0) is 29.8 Å². The molecular formula is C18H21ClN2O5S. The molecule has 2 aromatic carbocycles. The topological polar surface area (TPSA) is 84.9 Å². The van der Waals surface area contributed by atoms with E-state index in [1.807, 2.05) is 0 Å². The van der Waals surface area contributed by atoms with Gasteiger partial charge in [0.2, 0.25) is 15.9 Å². The monoisotopic (exact) mass is 412 g/mol. The maximum atomic E-state index is 12.3. The standard InChI is InChI=1S/C18H21ClN2O5S/c1-25-15-8-9-16(17(10-15)26-2)21(27(3,23)24)12-18(22)20-11-13-4-6-14(19)7-5-13/h4-10H,11-12H2,1-3H3,(H,20,22). The molecule has 1 amide bonds. The number of sulfonamides is 1. The fourth-order valence-electron chi connectivity index (χ4n) is 2.36. The van der Waals surface area contributed by atoms with Crippen molar-refractivity contribution in [3.05, 3.63) is 53.1 Å². The Kier molecular flexibility index (Phi) is 6.92. The first-order chi connectivity index (χ1) is 12.7. The minimum absolute atomic E-state index is 0.252. The molecule has 0 aromatic heterocycles. The summed E-state index contributed by atoms with van der Waals surface area (Å²) in [6.07, 6.45) is 1.03. The van der Waals surface area contributed by atoms with Crippen LogP contribution in [-0.2, 0) is 21.4 Å². The quantitative estimate of drug-likeness (QED) is 0.719. The second-order valence-corrected chi connectivity index (χ2v) is 8.05. The molecule has 0 radical (unpaired) electrons. The molecule has 2 aromatic rings. The number of benzene rings is 2. The Hall–Kier alpha value is -2.45. The lowest BCUT2D eigenvalue weighted by molar-refractivity contribution is -0.119. The van der Waals surface area contributed by atoms with Crippen LogP contribution in [0.1, 0.15) is 5.56 Å². The minimum atomic E-state index is -3.72. The first-order valence-electron chi connectivity index (χ1n) is 7.95. The van der Waals surface area contributed by atoms with Crippen LogP contribution in [0, 0.1) is 0 Å². The van der Waals surface area contributed by atoms with Crippen LogP contribution < -0.4 is 19.1 Å². The van der Waals surface area contributed by atoms with E-state index in [4.69, 9.17) is 21.1 Å². The van der Waals surface area contributed by atoms with Crippen LogP contribution in [0.25, 0.3) is 0 Å². The van der Waals surface area contributed by atoms with Crippen LogP contribution in [0.4, 0.5) is 5.69 Å². The normalized spacial score (nSPS) is 11.0. The van der Waals surface area contributed by atoms with Gasteiger partial charge in [0.1, 0.15) is 18.0 Å². The van der Waals surface area contributed by atoms with E-state index in [9.17, 15) is 13.2 Å². The number of hydrogen-bond acceptors (Lipinski definition) is 5. The number of rotatable bonds is 8. The lowest BCUT2D eigenvalue weighted by Gasteiger charge is -2.24. The molecule has 9 heteroatoms. The Labute approximate surface area is 163 Å². The average Bonchev–Trinajstić information content (AvgIpc) is 2.64. The molecule has 146 valence electrons. The first-order valence-corrected chi connectivity index (χ1v) is 10.2. The number of amides is 1. The van der Waals surface area contributed by atoms with Gasteiger partial charge >= 0.3 is 0 Å². The Balaban J connectivity index is 2.17. The van der Waals surface area contributed by atoms with Crippen molar-refractivity contribution in [3.63, 3.8) is 0 Å². The highest BCUT2D eigenvalue weighted by atomic mass is 35.5. The van der Waals surface area contributed by atoms with Crippen LogP contribution in [0.15, 0.2) is 42.5 Å². The van der Waals surface area contributed by atoms with Crippen molar-refractivity contribution in [1.29, 1.82) is 0 Å². The number of hydrogen-bond donors (Lipinski definition) is 1. The summed E-state index contributed by atoms with van der Waals surface area (Å²) in [5.41, 5.74) is 1.10. The third kappa shape index (κ3) is 5.77. The number of carbonyl (C=O) groups excluding carboxylic acids is 1. The highest BCUT2D eigenvalue weighted by Gasteiger charge is 2.24. The van der Waals surface area contributed by atoms with Crippen molar-refractivity contribution in [3.8, 4) is 11.5 Å². The Morgan fingerprint density at radius 3 is 2.33 bits per heavy atom. The van der Waals surface area contributed by atoms with Crippen molar-refractivity contribution < 1.29 is 22.7 Å². The fourth-order valence-corrected chi connectivity index (χ4v) is 3.35. The van der Waals surface area contributed by atoms with Gasteiger partial charge in [0.15, 0.2) is 0 Å². The predicted molar refractivity (Wildman–Crippen MR) is 105 cm³/mol. The predicted octanol–water partition coefficient (Wildman–Crippen LogP) is 2.44. The van der Waals surface area contributed by atoms with Crippen molar-refractivity contribution in [2.24, 2.45) is 0 Å². The fraction of sp³-hybridized carbons (Fsp3) is 0.278. The molecular weight excluding hydrogens is 392 g/mol. The highest BCUT2D eigenvalue weighted by Crippen LogP contribution is 2.33. The van der Waals surface area contributed by atoms with Crippen LogP contribution >= 0.6 is 11.6 Å². The van der Waals surface area contributed by atoms with Crippen molar-refractivity contribution in [2.75, 3.05) is 31.3 Å². The number of halogens is 1. The number of nitrogens with zero attached hydrogens (tertiary/aromatic N) is 1. The van der Waals surface area contributed by atoms with Gasteiger partial charge in [-0.1, -0.05) is 23.7 Å². The third-order valence-electron chi connectivity index (χ3n) is 3.75. The van der Waals surface area contributed by atoms with Gasteiger partial charge in [0, 0.05) is 17.6 Å². The number of ether oxygens (including phenoxy) is 2. The Morgan fingerprint density at radius 2 is 1.78 bits per heavy atom. The summed E-state index contributed by atoms with van der Waals surface area (Å²) in [5, 5.41) is 3.29. The number of carbonyl (C=O) groups is 1. The summed E-state index contributed by atoms with van der Waals surface area (Å²) < 4.78 is 35.9. The smallest absolute Gasteiger partial charge is 0.241 e. The van der Waals surface area contributed by atoms with Gasteiger partial charge in [0.05, 0.1) is 26.2 Å². The van der Waals surface area contributed by atoms with E-state index in [1.165, 1.54) is 20.3 Å². The summed E-state index contributed by atoms with van der Waals surface area (Å²) in [5.74, 6) is 0.342. The van der Waals surface area contributed by atoms with Gasteiger partial charge in [0.25, 0.3) is 0 Å². The van der Waals surface area contributed by atoms with E-state index in [0.29, 0.717) is 10.8 Å². The first kappa shape index (κ1) is 20.9. The van der Waals surface area contributed by atoms with Crippen LogP contribution in [-0.4, -0.2) is 41.3 Å². The average molecular weight is 413 g/mol. The summed E-state index contributed by atoms with van der Waals surface area (Å²) in [6, 6.07) is 11.7. The van der Waals surface area contributed by atoms with Gasteiger partial charge in [-0.2, -0.15) is 0 Å². The van der Waals surface area contributed by atoms with Crippen molar-refractivity contribution in [2.45, 2.75) is 6.54 Å². The molecule has 0 bridgehead atoms. The SMILES string of the molecule is COc1ccc(N(CC(=O)NCc2ccc(Cl)cc2)S(C)(=O)=O)c(OC)c1. The van der Waals surface area contributed by atoms with E-state index in [1.54, 1.807) is 36.4 Å². The van der Waals surface area contributed by atoms with E-state index in [0.717, 1.165) is 16.1 Å². The maximum absolute atomic E-state index is 12.3. The maximum Gasteiger partial charge on any atom is 0.241 e. The molecule has 0 spiro atoms. The zero-order chi connectivity index (χ0) is 20.0. The van der Waals surface area contributed by atoms with Crippen LogP contribution in [0.2, 0.25) is 5.02 Å². The summed E-state index contributed by atoms with van der Waals surface area (Å²) in [6.45, 7) is -0.123. The minimum Gasteiger partial charge on any atom is -0.497 e. The van der Waals surface area contributed by atoms with E-state index >= 15 is 0 Å². The molecule has 0 aliphatic rings. The molecule has 0 aliphatic heterocycles. The second-order valence-electron chi connectivity index (χ2n) is 5.71. The third-order valence-corrected chi connectivity index (χ3v) is 5.12. The molecule has 2 rings (SSSR count). The molecule has 0 fully saturated rings. The van der Waals surface area contributed by atoms with E-state index in [2.05, 4.69) is 5.32 Å². The largest absolute Gasteiger partial charge is 0.497 e. The molecule has 0 atom stereocenters. The van der Waals surface area contributed by atoms with Gasteiger partial charge in [-0.3, -0.25) is 9.10 Å². The summed E-state index contributed by atoms with van der Waals surface area (Å²) in [7, 11) is -0.810. The highest BCUT2D eigenvalue weighted by molar-refractivity contribution is 7.92. The van der Waals surface area contributed by atoms with Gasteiger partial charge in [-0.25, -0.2) is 8.42 Å². The van der Waals surface area contributed by atoms with Crippen molar-refractivity contribution >= 4 is 33.2 Å². The number of methoxy groups -OCH3 is 2.